The number of fused-ring (bicyclic) bond motifs is 1. The number of hydrogen-bond donors (Lipinski definition) is 2. The molecule has 2 aromatic rings. The first-order chi connectivity index (χ1) is 12.0. The van der Waals surface area contributed by atoms with Gasteiger partial charge in [-0.2, -0.15) is 0 Å². The van der Waals surface area contributed by atoms with E-state index in [-0.39, 0.29) is 5.91 Å². The van der Waals surface area contributed by atoms with Gasteiger partial charge in [0.25, 0.3) is 5.91 Å². The Morgan fingerprint density at radius 3 is 2.64 bits per heavy atom. The van der Waals surface area contributed by atoms with Crippen molar-refractivity contribution in [1.82, 2.24) is 0 Å². The Morgan fingerprint density at radius 2 is 1.96 bits per heavy atom. The Morgan fingerprint density at radius 1 is 1.20 bits per heavy atom. The third kappa shape index (κ3) is 3.13. The second-order valence-electron chi connectivity index (χ2n) is 6.10. The lowest BCUT2D eigenvalue weighted by Gasteiger charge is -2.23. The Labute approximate surface area is 147 Å². The molecule has 0 saturated heterocycles. The third-order valence-corrected chi connectivity index (χ3v) is 4.50. The monoisotopic (exact) mass is 334 g/mol. The number of anilines is 2. The summed E-state index contributed by atoms with van der Waals surface area (Å²) in [7, 11) is 1.70. The van der Waals surface area contributed by atoms with Gasteiger partial charge in [-0.15, -0.1) is 0 Å². The number of carbonyl (C=O) groups excluding carboxylic acids is 1. The van der Waals surface area contributed by atoms with E-state index in [4.69, 9.17) is 5.73 Å². The molecular weight excluding hydrogens is 312 g/mol. The van der Waals surface area contributed by atoms with Crippen molar-refractivity contribution >= 4 is 23.1 Å². The van der Waals surface area contributed by atoms with Gasteiger partial charge < -0.3 is 16.0 Å². The fraction of sp³-hybridized carbons (Fsp3) is 0.200. The SMILES string of the molecule is CN=C1Nc2ccccc2N(C(=O)c2ccc(C)c(C)c2)C/C1=C/N. The molecule has 0 spiro atoms. The Kier molecular flexibility index (Phi) is 4.57. The molecule has 0 radical (unpaired) electrons. The first-order valence-corrected chi connectivity index (χ1v) is 8.18. The zero-order valence-corrected chi connectivity index (χ0v) is 14.7. The summed E-state index contributed by atoms with van der Waals surface area (Å²) in [6.07, 6.45) is 1.50. The summed E-state index contributed by atoms with van der Waals surface area (Å²) >= 11 is 0. The van der Waals surface area contributed by atoms with E-state index in [9.17, 15) is 4.79 Å². The number of nitrogens with two attached hydrogens (primary N) is 1. The van der Waals surface area contributed by atoms with Gasteiger partial charge in [-0.25, -0.2) is 0 Å². The van der Waals surface area contributed by atoms with Crippen molar-refractivity contribution in [1.29, 1.82) is 0 Å². The number of aryl methyl sites for hydroxylation is 2. The van der Waals surface area contributed by atoms with E-state index in [1.165, 1.54) is 6.20 Å². The molecule has 0 saturated carbocycles. The van der Waals surface area contributed by atoms with Crippen LogP contribution >= 0.6 is 0 Å². The molecule has 3 rings (SSSR count). The lowest BCUT2D eigenvalue weighted by molar-refractivity contribution is 0.0989. The van der Waals surface area contributed by atoms with Crippen LogP contribution in [0.3, 0.4) is 0 Å². The van der Waals surface area contributed by atoms with Crippen LogP contribution < -0.4 is 16.0 Å². The van der Waals surface area contributed by atoms with Gasteiger partial charge in [-0.3, -0.25) is 9.79 Å². The molecule has 1 aliphatic rings. The summed E-state index contributed by atoms with van der Waals surface area (Å²) in [4.78, 5) is 19.2. The minimum atomic E-state index is -0.0611. The van der Waals surface area contributed by atoms with E-state index >= 15 is 0 Å². The second-order valence-corrected chi connectivity index (χ2v) is 6.10. The lowest BCUT2D eigenvalue weighted by Crippen LogP contribution is -2.33. The van der Waals surface area contributed by atoms with Crippen molar-refractivity contribution in [3.8, 4) is 0 Å². The lowest BCUT2D eigenvalue weighted by atomic mass is 10.0. The van der Waals surface area contributed by atoms with Crippen LogP contribution in [-0.2, 0) is 0 Å². The Bertz CT molecular complexity index is 883. The number of nitrogens with one attached hydrogen (secondary N) is 1. The number of amides is 1. The first kappa shape index (κ1) is 16.8. The molecule has 2 aromatic carbocycles. The van der Waals surface area contributed by atoms with Crippen molar-refractivity contribution in [2.75, 3.05) is 23.8 Å². The second kappa shape index (κ2) is 6.81. The number of para-hydroxylation sites is 2. The van der Waals surface area contributed by atoms with Gasteiger partial charge in [0.1, 0.15) is 5.84 Å². The molecule has 1 amide bonds. The van der Waals surface area contributed by atoms with Gasteiger partial charge in [0.15, 0.2) is 0 Å². The molecule has 0 unspecified atom stereocenters. The fourth-order valence-corrected chi connectivity index (χ4v) is 2.90. The van der Waals surface area contributed by atoms with Crippen molar-refractivity contribution in [2.45, 2.75) is 13.8 Å². The number of benzene rings is 2. The van der Waals surface area contributed by atoms with E-state index in [0.717, 1.165) is 28.1 Å². The molecule has 0 aromatic heterocycles. The number of hydrogen-bond acceptors (Lipinski definition) is 3. The van der Waals surface area contributed by atoms with Gasteiger partial charge in [-0.1, -0.05) is 18.2 Å². The Hall–Kier alpha value is -3.08. The van der Waals surface area contributed by atoms with Gasteiger partial charge in [0.05, 0.1) is 17.9 Å². The highest BCUT2D eigenvalue weighted by molar-refractivity contribution is 6.16. The largest absolute Gasteiger partial charge is 0.404 e. The number of nitrogens with zero attached hydrogens (tertiary/aromatic N) is 2. The molecule has 5 nitrogen and oxygen atoms in total. The molecule has 5 heteroatoms. The average molecular weight is 334 g/mol. The van der Waals surface area contributed by atoms with Crippen LogP contribution in [0.1, 0.15) is 21.5 Å². The third-order valence-electron chi connectivity index (χ3n) is 4.50. The van der Waals surface area contributed by atoms with Crippen LogP contribution in [0, 0.1) is 13.8 Å². The van der Waals surface area contributed by atoms with Crippen LogP contribution in [-0.4, -0.2) is 25.3 Å². The zero-order valence-electron chi connectivity index (χ0n) is 14.7. The van der Waals surface area contributed by atoms with Gasteiger partial charge >= 0.3 is 0 Å². The summed E-state index contributed by atoms with van der Waals surface area (Å²) in [6.45, 7) is 4.41. The number of rotatable bonds is 1. The molecule has 128 valence electrons. The van der Waals surface area contributed by atoms with Gasteiger partial charge in [0.2, 0.25) is 0 Å². The quantitative estimate of drug-likeness (QED) is 0.841. The van der Waals surface area contributed by atoms with Gasteiger partial charge in [0, 0.05) is 24.4 Å². The number of carbonyl (C=O) groups is 1. The van der Waals surface area contributed by atoms with Crippen molar-refractivity contribution < 1.29 is 4.79 Å². The normalized spacial score (nSPS) is 17.2. The summed E-state index contributed by atoms with van der Waals surface area (Å²) in [5.74, 6) is 0.611. The minimum Gasteiger partial charge on any atom is -0.404 e. The molecule has 0 atom stereocenters. The highest BCUT2D eigenvalue weighted by atomic mass is 16.2. The number of amidine groups is 1. The highest BCUT2D eigenvalue weighted by Crippen LogP contribution is 2.31. The molecule has 1 heterocycles. The predicted octanol–water partition coefficient (Wildman–Crippen LogP) is 3.25. The van der Waals surface area contributed by atoms with E-state index in [1.54, 1.807) is 11.9 Å². The van der Waals surface area contributed by atoms with E-state index in [0.29, 0.717) is 17.9 Å². The van der Waals surface area contributed by atoms with Gasteiger partial charge in [-0.05, 0) is 49.2 Å². The molecule has 0 bridgehead atoms. The molecule has 25 heavy (non-hydrogen) atoms. The first-order valence-electron chi connectivity index (χ1n) is 8.18. The van der Waals surface area contributed by atoms with E-state index in [1.807, 2.05) is 56.3 Å². The zero-order chi connectivity index (χ0) is 18.0. The standard InChI is InChI=1S/C20H22N4O/c1-13-8-9-15(10-14(13)2)20(25)24-12-16(11-21)19(22-3)23-17-6-4-5-7-18(17)24/h4-11H,12,21H2,1-3H3,(H,22,23)/b16-11-. The topological polar surface area (TPSA) is 70.7 Å². The molecule has 1 aliphatic heterocycles. The molecule has 3 N–H and O–H groups in total. The average Bonchev–Trinajstić information content (AvgIpc) is 2.79. The molecular formula is C20H22N4O. The highest BCUT2D eigenvalue weighted by Gasteiger charge is 2.26. The Balaban J connectivity index is 2.09. The van der Waals surface area contributed by atoms with Crippen molar-refractivity contribution in [3.05, 3.63) is 70.9 Å². The van der Waals surface area contributed by atoms with Crippen LogP contribution in [0.5, 0.6) is 0 Å². The van der Waals surface area contributed by atoms with Crippen LogP contribution in [0.4, 0.5) is 11.4 Å². The maximum atomic E-state index is 13.2. The number of aliphatic imine (C=N–C) groups is 1. The summed E-state index contributed by atoms with van der Waals surface area (Å²) in [6, 6.07) is 13.5. The maximum Gasteiger partial charge on any atom is 0.258 e. The molecule has 0 fully saturated rings. The maximum absolute atomic E-state index is 13.2. The van der Waals surface area contributed by atoms with Crippen LogP contribution in [0.2, 0.25) is 0 Å². The van der Waals surface area contributed by atoms with Crippen LogP contribution in [0.15, 0.2) is 59.2 Å². The summed E-state index contributed by atoms with van der Waals surface area (Å²) in [5.41, 5.74) is 11.1. The summed E-state index contributed by atoms with van der Waals surface area (Å²) < 4.78 is 0. The summed E-state index contributed by atoms with van der Waals surface area (Å²) in [5, 5.41) is 3.27. The van der Waals surface area contributed by atoms with Crippen LogP contribution in [0.25, 0.3) is 0 Å². The smallest absolute Gasteiger partial charge is 0.258 e. The predicted molar refractivity (Wildman–Crippen MR) is 103 cm³/mol. The molecule has 0 aliphatic carbocycles. The van der Waals surface area contributed by atoms with E-state index in [2.05, 4.69) is 10.3 Å². The minimum absolute atomic E-state index is 0.0611. The van der Waals surface area contributed by atoms with Crippen molar-refractivity contribution in [2.24, 2.45) is 10.7 Å². The van der Waals surface area contributed by atoms with E-state index < -0.39 is 0 Å². The van der Waals surface area contributed by atoms with Crippen molar-refractivity contribution in [3.63, 3.8) is 0 Å². The fourth-order valence-electron chi connectivity index (χ4n) is 2.90.